The summed E-state index contributed by atoms with van der Waals surface area (Å²) in [5, 5.41) is 7.81. The van der Waals surface area contributed by atoms with Crippen LogP contribution in [0, 0.1) is 13.8 Å². The van der Waals surface area contributed by atoms with Crippen LogP contribution < -0.4 is 20.1 Å². The van der Waals surface area contributed by atoms with Gasteiger partial charge < -0.3 is 20.1 Å². The number of thiazole rings is 1. The Hall–Kier alpha value is -2.28. The van der Waals surface area contributed by atoms with Gasteiger partial charge in [0.2, 0.25) is 0 Å². The molecule has 0 saturated heterocycles. The molecule has 2 N–H and O–H groups in total. The number of rotatable bonds is 10. The second-order valence-corrected chi connectivity index (χ2v) is 7.67. The summed E-state index contributed by atoms with van der Waals surface area (Å²) in [7, 11) is 1.66. The van der Waals surface area contributed by atoms with E-state index in [4.69, 9.17) is 14.5 Å². The van der Waals surface area contributed by atoms with Gasteiger partial charge in [-0.15, -0.1) is 11.3 Å². The summed E-state index contributed by atoms with van der Waals surface area (Å²) < 4.78 is 11.0. The molecular formula is C21H32N4O2S. The molecule has 0 aliphatic carbocycles. The van der Waals surface area contributed by atoms with Crippen LogP contribution in [0.1, 0.15) is 41.4 Å². The van der Waals surface area contributed by atoms with Crippen LogP contribution in [0.4, 0.5) is 0 Å². The standard InChI is InChI=1S/C21H32N4O2S/c1-6-22-21(24-14-20-15(3)25-16(4)28-20)23-12-8-9-17-10-11-18(26-5)19(13-17)27-7-2/h10-11,13H,6-9,12,14H2,1-5H3,(H2,22,23,24). The summed E-state index contributed by atoms with van der Waals surface area (Å²) in [6.45, 7) is 11.1. The number of guanidine groups is 1. The molecule has 1 aromatic heterocycles. The highest BCUT2D eigenvalue weighted by Crippen LogP contribution is 2.28. The second kappa shape index (κ2) is 11.5. The van der Waals surface area contributed by atoms with Crippen molar-refractivity contribution in [3.63, 3.8) is 0 Å². The molecule has 2 aromatic rings. The molecule has 0 radical (unpaired) electrons. The van der Waals surface area contributed by atoms with Crippen molar-refractivity contribution in [2.75, 3.05) is 26.8 Å². The Morgan fingerprint density at radius 3 is 2.64 bits per heavy atom. The van der Waals surface area contributed by atoms with E-state index in [0.29, 0.717) is 13.2 Å². The SMILES string of the molecule is CCNC(=NCc1sc(C)nc1C)NCCCc1ccc(OC)c(OCC)c1. The van der Waals surface area contributed by atoms with E-state index in [9.17, 15) is 0 Å². The van der Waals surface area contributed by atoms with Crippen molar-refractivity contribution < 1.29 is 9.47 Å². The van der Waals surface area contributed by atoms with E-state index in [0.717, 1.165) is 54.1 Å². The lowest BCUT2D eigenvalue weighted by molar-refractivity contribution is 0.310. The summed E-state index contributed by atoms with van der Waals surface area (Å²) in [4.78, 5) is 10.4. The molecule has 1 aromatic carbocycles. The molecular weight excluding hydrogens is 372 g/mol. The quantitative estimate of drug-likeness (QED) is 0.358. The fourth-order valence-electron chi connectivity index (χ4n) is 2.86. The van der Waals surface area contributed by atoms with Gasteiger partial charge in [-0.2, -0.15) is 0 Å². The Morgan fingerprint density at radius 2 is 2.00 bits per heavy atom. The minimum atomic E-state index is 0.628. The molecule has 0 atom stereocenters. The van der Waals surface area contributed by atoms with Gasteiger partial charge in [-0.25, -0.2) is 9.98 Å². The summed E-state index contributed by atoms with van der Waals surface area (Å²) in [6.07, 6.45) is 1.96. The number of ether oxygens (including phenoxy) is 2. The molecule has 0 aliphatic rings. The first-order valence-corrected chi connectivity index (χ1v) is 10.6. The van der Waals surface area contributed by atoms with Crippen molar-refractivity contribution in [3.8, 4) is 11.5 Å². The first-order chi connectivity index (χ1) is 13.6. The van der Waals surface area contributed by atoms with E-state index in [2.05, 4.69) is 34.7 Å². The maximum atomic E-state index is 5.66. The van der Waals surface area contributed by atoms with Gasteiger partial charge in [-0.05, 0) is 58.2 Å². The first kappa shape index (κ1) is 22.0. The highest BCUT2D eigenvalue weighted by atomic mass is 32.1. The number of methoxy groups -OCH3 is 1. The summed E-state index contributed by atoms with van der Waals surface area (Å²) in [5.74, 6) is 2.43. The average molecular weight is 405 g/mol. The van der Waals surface area contributed by atoms with E-state index < -0.39 is 0 Å². The number of nitrogens with one attached hydrogen (secondary N) is 2. The van der Waals surface area contributed by atoms with Crippen LogP contribution in [0.25, 0.3) is 0 Å². The second-order valence-electron chi connectivity index (χ2n) is 6.39. The molecule has 154 valence electrons. The maximum Gasteiger partial charge on any atom is 0.191 e. The summed E-state index contributed by atoms with van der Waals surface area (Å²) >= 11 is 1.71. The zero-order valence-corrected chi connectivity index (χ0v) is 18.4. The van der Waals surface area contributed by atoms with Gasteiger partial charge in [-0.3, -0.25) is 0 Å². The minimum absolute atomic E-state index is 0.628. The molecule has 7 heteroatoms. The number of hydrogen-bond donors (Lipinski definition) is 2. The lowest BCUT2D eigenvalue weighted by atomic mass is 10.1. The highest BCUT2D eigenvalue weighted by molar-refractivity contribution is 7.11. The van der Waals surface area contributed by atoms with Crippen LogP contribution >= 0.6 is 11.3 Å². The topological polar surface area (TPSA) is 67.8 Å². The average Bonchev–Trinajstić information content (AvgIpc) is 3.00. The van der Waals surface area contributed by atoms with Gasteiger partial charge in [-0.1, -0.05) is 6.07 Å². The van der Waals surface area contributed by atoms with Crippen LogP contribution in [-0.4, -0.2) is 37.7 Å². The van der Waals surface area contributed by atoms with Gasteiger partial charge in [0, 0.05) is 18.0 Å². The molecule has 2 rings (SSSR count). The zero-order chi connectivity index (χ0) is 20.4. The van der Waals surface area contributed by atoms with E-state index >= 15 is 0 Å². The van der Waals surface area contributed by atoms with Gasteiger partial charge in [0.15, 0.2) is 17.5 Å². The Kier molecular flexibility index (Phi) is 9.07. The maximum absolute atomic E-state index is 5.66. The minimum Gasteiger partial charge on any atom is -0.493 e. The van der Waals surface area contributed by atoms with E-state index in [1.165, 1.54) is 10.4 Å². The molecule has 1 heterocycles. The number of benzene rings is 1. The van der Waals surface area contributed by atoms with Crippen molar-refractivity contribution in [1.29, 1.82) is 0 Å². The number of aromatic nitrogens is 1. The fourth-order valence-corrected chi connectivity index (χ4v) is 3.72. The van der Waals surface area contributed by atoms with Crippen molar-refractivity contribution in [1.82, 2.24) is 15.6 Å². The first-order valence-electron chi connectivity index (χ1n) is 9.82. The Labute approximate surface area is 172 Å². The molecule has 0 aliphatic heterocycles. The monoisotopic (exact) mass is 404 g/mol. The Balaban J connectivity index is 1.86. The predicted molar refractivity (Wildman–Crippen MR) is 117 cm³/mol. The van der Waals surface area contributed by atoms with Crippen LogP contribution in [0.15, 0.2) is 23.2 Å². The van der Waals surface area contributed by atoms with Crippen LogP contribution in [0.2, 0.25) is 0 Å². The van der Waals surface area contributed by atoms with E-state index in [1.54, 1.807) is 18.4 Å². The predicted octanol–water partition coefficient (Wildman–Crippen LogP) is 3.86. The summed E-state index contributed by atoms with van der Waals surface area (Å²) in [6, 6.07) is 6.13. The fraction of sp³-hybridized carbons (Fsp3) is 0.524. The van der Waals surface area contributed by atoms with Crippen LogP contribution in [-0.2, 0) is 13.0 Å². The van der Waals surface area contributed by atoms with E-state index in [-0.39, 0.29) is 0 Å². The van der Waals surface area contributed by atoms with Crippen molar-refractivity contribution in [3.05, 3.63) is 39.3 Å². The Bertz CT molecular complexity index is 774. The number of nitrogens with zero attached hydrogens (tertiary/aromatic N) is 2. The molecule has 0 amide bonds. The lowest BCUT2D eigenvalue weighted by Gasteiger charge is -2.13. The van der Waals surface area contributed by atoms with Gasteiger partial charge in [0.1, 0.15) is 0 Å². The van der Waals surface area contributed by atoms with Crippen molar-refractivity contribution in [2.45, 2.75) is 47.1 Å². The number of hydrogen-bond acceptors (Lipinski definition) is 5. The van der Waals surface area contributed by atoms with Gasteiger partial charge in [0.25, 0.3) is 0 Å². The smallest absolute Gasteiger partial charge is 0.191 e. The third kappa shape index (κ3) is 6.71. The third-order valence-electron chi connectivity index (χ3n) is 4.19. The zero-order valence-electron chi connectivity index (χ0n) is 17.6. The normalized spacial score (nSPS) is 11.4. The molecule has 0 unspecified atom stereocenters. The van der Waals surface area contributed by atoms with Crippen molar-refractivity contribution in [2.24, 2.45) is 4.99 Å². The van der Waals surface area contributed by atoms with E-state index in [1.807, 2.05) is 26.8 Å². The molecule has 6 nitrogen and oxygen atoms in total. The van der Waals surface area contributed by atoms with Crippen LogP contribution in [0.3, 0.4) is 0 Å². The molecule has 0 fully saturated rings. The molecule has 0 spiro atoms. The number of aliphatic imine (C=N–C) groups is 1. The summed E-state index contributed by atoms with van der Waals surface area (Å²) in [5.41, 5.74) is 2.32. The molecule has 0 saturated carbocycles. The highest BCUT2D eigenvalue weighted by Gasteiger charge is 2.07. The number of aryl methyl sites for hydroxylation is 3. The van der Waals surface area contributed by atoms with Gasteiger partial charge in [0.05, 0.1) is 31.0 Å². The molecule has 28 heavy (non-hydrogen) atoms. The largest absolute Gasteiger partial charge is 0.493 e. The molecule has 0 bridgehead atoms. The Morgan fingerprint density at radius 1 is 1.18 bits per heavy atom. The van der Waals surface area contributed by atoms with Crippen LogP contribution in [0.5, 0.6) is 11.5 Å². The van der Waals surface area contributed by atoms with Crippen molar-refractivity contribution >= 4 is 17.3 Å². The third-order valence-corrected chi connectivity index (χ3v) is 5.24. The lowest BCUT2D eigenvalue weighted by Crippen LogP contribution is -2.37. The van der Waals surface area contributed by atoms with Gasteiger partial charge >= 0.3 is 0 Å².